The summed E-state index contributed by atoms with van der Waals surface area (Å²) in [6.45, 7) is 0.485. The van der Waals surface area contributed by atoms with Gasteiger partial charge in [-0.05, 0) is 54.8 Å². The zero-order valence-corrected chi connectivity index (χ0v) is 14.3. The first-order chi connectivity index (χ1) is 12.7. The molecule has 1 aromatic rings. The van der Waals surface area contributed by atoms with Crippen LogP contribution in [0.4, 0.5) is 4.39 Å². The van der Waals surface area contributed by atoms with Gasteiger partial charge in [0.1, 0.15) is 17.4 Å². The van der Waals surface area contributed by atoms with Crippen LogP contribution in [0.25, 0.3) is 0 Å². The van der Waals surface area contributed by atoms with Crippen molar-refractivity contribution in [2.75, 3.05) is 0 Å². The lowest BCUT2D eigenvalue weighted by Gasteiger charge is -2.37. The molecule has 132 valence electrons. The number of aliphatic imine (C=N–C) groups is 1. The quantitative estimate of drug-likeness (QED) is 0.856. The maximum atomic E-state index is 13.0. The fraction of sp³-hybridized carbons (Fsp3) is 0.190. The third kappa shape index (κ3) is 3.47. The molecule has 1 unspecified atom stereocenters. The Morgan fingerprint density at radius 1 is 1.12 bits per heavy atom. The molecule has 0 spiro atoms. The molecular weight excluding hydrogens is 329 g/mol. The van der Waals surface area contributed by atoms with Gasteiger partial charge in [0.25, 0.3) is 0 Å². The van der Waals surface area contributed by atoms with Crippen LogP contribution in [0.3, 0.4) is 0 Å². The van der Waals surface area contributed by atoms with E-state index in [4.69, 9.17) is 0 Å². The second-order valence-corrected chi connectivity index (χ2v) is 6.43. The minimum atomic E-state index is -0.240. The molecule has 1 aromatic carbocycles. The van der Waals surface area contributed by atoms with Gasteiger partial charge in [-0.1, -0.05) is 30.4 Å². The van der Waals surface area contributed by atoms with Crippen molar-refractivity contribution >= 4 is 5.84 Å². The number of benzene rings is 1. The molecule has 5 heteroatoms. The molecule has 4 rings (SSSR count). The van der Waals surface area contributed by atoms with Crippen molar-refractivity contribution in [3.05, 3.63) is 95.3 Å². The van der Waals surface area contributed by atoms with Crippen molar-refractivity contribution < 1.29 is 9.50 Å². The van der Waals surface area contributed by atoms with Crippen molar-refractivity contribution in [3.63, 3.8) is 0 Å². The molecule has 0 radical (unpaired) electrons. The summed E-state index contributed by atoms with van der Waals surface area (Å²) >= 11 is 0. The molecule has 1 atom stereocenters. The van der Waals surface area contributed by atoms with Crippen LogP contribution in [0, 0.1) is 11.7 Å². The van der Waals surface area contributed by atoms with Gasteiger partial charge < -0.3 is 5.11 Å². The second kappa shape index (κ2) is 7.04. The Hall–Kier alpha value is -3.08. The number of fused-ring (bicyclic) bond motifs is 1. The molecular formula is C21H20FN3O. The van der Waals surface area contributed by atoms with Crippen molar-refractivity contribution in [3.8, 4) is 0 Å². The van der Waals surface area contributed by atoms with Crippen LogP contribution in [0.5, 0.6) is 0 Å². The summed E-state index contributed by atoms with van der Waals surface area (Å²) in [5.74, 6) is 1.06. The Morgan fingerprint density at radius 2 is 1.96 bits per heavy atom. The molecule has 2 N–H and O–H groups in total. The van der Waals surface area contributed by atoms with Gasteiger partial charge in [-0.3, -0.25) is 15.4 Å². The first kappa shape index (κ1) is 16.4. The molecule has 4 nitrogen and oxygen atoms in total. The van der Waals surface area contributed by atoms with Gasteiger partial charge in [-0.25, -0.2) is 4.39 Å². The van der Waals surface area contributed by atoms with E-state index in [1.54, 1.807) is 18.2 Å². The summed E-state index contributed by atoms with van der Waals surface area (Å²) in [4.78, 5) is 4.60. The SMILES string of the molecule is OC1=CCC(C2=CCC=C3C=CC(=NCc4ccc(F)cc4)NN32)C=C1. The smallest absolute Gasteiger partial charge is 0.140 e. The summed E-state index contributed by atoms with van der Waals surface area (Å²) in [7, 11) is 0. The highest BCUT2D eigenvalue weighted by molar-refractivity contribution is 5.94. The molecule has 0 saturated carbocycles. The summed E-state index contributed by atoms with van der Waals surface area (Å²) < 4.78 is 13.0. The highest BCUT2D eigenvalue weighted by Crippen LogP contribution is 2.31. The highest BCUT2D eigenvalue weighted by Gasteiger charge is 2.25. The maximum Gasteiger partial charge on any atom is 0.140 e. The van der Waals surface area contributed by atoms with E-state index >= 15 is 0 Å². The number of amidine groups is 1. The lowest BCUT2D eigenvalue weighted by molar-refractivity contribution is 0.340. The van der Waals surface area contributed by atoms with E-state index in [-0.39, 0.29) is 11.7 Å². The molecule has 2 heterocycles. The second-order valence-electron chi connectivity index (χ2n) is 6.43. The van der Waals surface area contributed by atoms with Gasteiger partial charge in [0, 0.05) is 11.6 Å². The molecule has 1 aliphatic carbocycles. The average molecular weight is 349 g/mol. The first-order valence-corrected chi connectivity index (χ1v) is 8.70. The Bertz CT molecular complexity index is 875. The topological polar surface area (TPSA) is 47.9 Å². The number of allylic oxidation sites excluding steroid dienone is 6. The van der Waals surface area contributed by atoms with Crippen molar-refractivity contribution in [1.82, 2.24) is 10.4 Å². The van der Waals surface area contributed by atoms with Crippen molar-refractivity contribution in [2.24, 2.45) is 10.9 Å². The summed E-state index contributed by atoms with van der Waals surface area (Å²) in [6, 6.07) is 6.39. The standard InChI is InChI=1S/C21H20FN3O/c22-17-8-4-15(5-9-17)14-23-21-13-10-18-2-1-3-20(25(18)24-21)16-6-11-19(26)12-7-16/h2-6,8-13,16,26H,1,7,14H2,(H,23,24). The van der Waals surface area contributed by atoms with Crippen LogP contribution < -0.4 is 5.43 Å². The monoisotopic (exact) mass is 349 g/mol. The number of halogens is 1. The van der Waals surface area contributed by atoms with E-state index < -0.39 is 0 Å². The third-order valence-electron chi connectivity index (χ3n) is 4.61. The molecule has 26 heavy (non-hydrogen) atoms. The lowest BCUT2D eigenvalue weighted by atomic mass is 9.93. The molecule has 0 amide bonds. The number of hydrogen-bond acceptors (Lipinski definition) is 3. The molecule has 0 aromatic heterocycles. The fourth-order valence-corrected chi connectivity index (χ4v) is 3.22. The zero-order chi connectivity index (χ0) is 17.9. The highest BCUT2D eigenvalue weighted by atomic mass is 19.1. The molecule has 0 fully saturated rings. The van der Waals surface area contributed by atoms with Crippen LogP contribution in [0.2, 0.25) is 0 Å². The van der Waals surface area contributed by atoms with Gasteiger partial charge in [0.2, 0.25) is 0 Å². The minimum Gasteiger partial charge on any atom is -0.508 e. The predicted octanol–water partition coefficient (Wildman–Crippen LogP) is 4.29. The van der Waals surface area contributed by atoms with Gasteiger partial charge in [-0.2, -0.15) is 0 Å². The Morgan fingerprint density at radius 3 is 2.73 bits per heavy atom. The number of rotatable bonds is 3. The van der Waals surface area contributed by atoms with Crippen LogP contribution in [0.15, 0.2) is 88.9 Å². The maximum absolute atomic E-state index is 13.0. The Labute approximate surface area is 152 Å². The summed E-state index contributed by atoms with van der Waals surface area (Å²) in [5.41, 5.74) is 6.57. The average Bonchev–Trinajstić information content (AvgIpc) is 2.68. The number of aliphatic hydroxyl groups is 1. The van der Waals surface area contributed by atoms with Crippen LogP contribution in [0.1, 0.15) is 18.4 Å². The predicted molar refractivity (Wildman–Crippen MR) is 100 cm³/mol. The first-order valence-electron chi connectivity index (χ1n) is 8.70. The molecule has 3 aliphatic rings. The van der Waals surface area contributed by atoms with Gasteiger partial charge >= 0.3 is 0 Å². The summed E-state index contributed by atoms with van der Waals surface area (Å²) in [6.07, 6.45) is 15.6. The number of hydrogen-bond donors (Lipinski definition) is 2. The van der Waals surface area contributed by atoms with Crippen LogP contribution in [-0.4, -0.2) is 16.0 Å². The number of nitrogens with zero attached hydrogens (tertiary/aromatic N) is 2. The molecule has 2 aliphatic heterocycles. The van der Waals surface area contributed by atoms with E-state index in [2.05, 4.69) is 27.6 Å². The molecule has 0 bridgehead atoms. The fourth-order valence-electron chi connectivity index (χ4n) is 3.22. The number of hydrazine groups is 1. The van der Waals surface area contributed by atoms with Crippen molar-refractivity contribution in [2.45, 2.75) is 19.4 Å². The van der Waals surface area contributed by atoms with E-state index in [1.807, 2.05) is 24.3 Å². The van der Waals surface area contributed by atoms with E-state index in [1.165, 1.54) is 12.1 Å². The largest absolute Gasteiger partial charge is 0.508 e. The lowest BCUT2D eigenvalue weighted by Crippen LogP contribution is -2.44. The van der Waals surface area contributed by atoms with Gasteiger partial charge in [0.05, 0.1) is 12.2 Å². The molecule has 0 saturated heterocycles. The normalized spacial score (nSPS) is 23.1. The summed E-state index contributed by atoms with van der Waals surface area (Å²) in [5, 5.41) is 11.6. The van der Waals surface area contributed by atoms with Crippen LogP contribution >= 0.6 is 0 Å². The number of aliphatic hydroxyl groups excluding tert-OH is 1. The third-order valence-corrected chi connectivity index (χ3v) is 4.61. The van der Waals surface area contributed by atoms with E-state index in [0.717, 1.165) is 35.6 Å². The number of nitrogens with one attached hydrogen (secondary N) is 1. The Balaban J connectivity index is 1.50. The van der Waals surface area contributed by atoms with E-state index in [0.29, 0.717) is 12.3 Å². The van der Waals surface area contributed by atoms with Gasteiger partial charge in [0.15, 0.2) is 0 Å². The van der Waals surface area contributed by atoms with E-state index in [9.17, 15) is 9.50 Å². The zero-order valence-electron chi connectivity index (χ0n) is 14.3. The van der Waals surface area contributed by atoms with Crippen LogP contribution in [-0.2, 0) is 6.54 Å². The Kier molecular flexibility index (Phi) is 4.44. The minimum absolute atomic E-state index is 0.215. The van der Waals surface area contributed by atoms with Gasteiger partial charge in [-0.15, -0.1) is 0 Å². The van der Waals surface area contributed by atoms with Crippen molar-refractivity contribution in [1.29, 1.82) is 0 Å².